The molecule has 3 N–H and O–H groups in total. The van der Waals surface area contributed by atoms with Crippen molar-refractivity contribution in [2.24, 2.45) is 10.9 Å². The molecule has 2 rings (SSSR count). The molecule has 0 spiro atoms. The number of amidine groups is 1. The van der Waals surface area contributed by atoms with E-state index in [1.165, 1.54) is 19.3 Å². The van der Waals surface area contributed by atoms with Gasteiger partial charge in [0.1, 0.15) is 5.75 Å². The predicted molar refractivity (Wildman–Crippen MR) is 71.5 cm³/mol. The molecule has 0 radical (unpaired) electrons. The molecule has 0 aliphatic heterocycles. The van der Waals surface area contributed by atoms with E-state index in [0.717, 1.165) is 12.8 Å². The summed E-state index contributed by atoms with van der Waals surface area (Å²) in [4.78, 5) is 0. The number of hydrogen-bond donors (Lipinski definition) is 2. The molecular weight excluding hydrogens is 252 g/mol. The normalized spacial score (nSPS) is 17.7. The zero-order valence-corrected chi connectivity index (χ0v) is 10.9. The fourth-order valence-electron chi connectivity index (χ4n) is 2.18. The number of oxime groups is 1. The molecule has 0 bridgehead atoms. The van der Waals surface area contributed by atoms with Gasteiger partial charge in [0.25, 0.3) is 0 Å². The maximum absolute atomic E-state index is 8.60. The van der Waals surface area contributed by atoms with Crippen molar-refractivity contribution < 1.29 is 9.94 Å². The number of nitrogens with two attached hydrogens (primary N) is 1. The van der Waals surface area contributed by atoms with Crippen LogP contribution in [0.3, 0.4) is 0 Å². The quantitative estimate of drug-likeness (QED) is 0.383. The van der Waals surface area contributed by atoms with Gasteiger partial charge >= 0.3 is 0 Å². The lowest BCUT2D eigenvalue weighted by Gasteiger charge is -2.23. The molecule has 0 saturated heterocycles. The van der Waals surface area contributed by atoms with Crippen molar-refractivity contribution in [2.75, 3.05) is 0 Å². The Hall–Kier alpha value is -1.42. The van der Waals surface area contributed by atoms with Gasteiger partial charge in [-0.3, -0.25) is 0 Å². The van der Waals surface area contributed by atoms with Crippen LogP contribution in [-0.2, 0) is 0 Å². The van der Waals surface area contributed by atoms with Crippen molar-refractivity contribution in [3.8, 4) is 5.75 Å². The van der Waals surface area contributed by atoms with Crippen LogP contribution >= 0.6 is 11.6 Å². The number of benzene rings is 1. The number of ether oxygens (including phenoxy) is 1. The molecule has 1 fully saturated rings. The average molecular weight is 269 g/mol. The van der Waals surface area contributed by atoms with Gasteiger partial charge in [0.05, 0.1) is 11.1 Å². The number of rotatable bonds is 3. The van der Waals surface area contributed by atoms with E-state index in [2.05, 4.69) is 5.16 Å². The van der Waals surface area contributed by atoms with Gasteiger partial charge in [-0.1, -0.05) is 23.2 Å². The number of hydrogen-bond acceptors (Lipinski definition) is 3. The highest BCUT2D eigenvalue weighted by Crippen LogP contribution is 2.29. The number of nitrogens with zero attached hydrogens (tertiary/aromatic N) is 1. The monoisotopic (exact) mass is 268 g/mol. The van der Waals surface area contributed by atoms with Gasteiger partial charge in [0.2, 0.25) is 0 Å². The minimum Gasteiger partial charge on any atom is -0.489 e. The van der Waals surface area contributed by atoms with Crippen molar-refractivity contribution in [2.45, 2.75) is 38.2 Å². The topological polar surface area (TPSA) is 67.8 Å². The average Bonchev–Trinajstić information content (AvgIpc) is 2.41. The second-order valence-electron chi connectivity index (χ2n) is 4.51. The van der Waals surface area contributed by atoms with Crippen LogP contribution in [0.2, 0.25) is 5.02 Å². The molecule has 0 aromatic heterocycles. The molecule has 0 amide bonds. The third-order valence-electron chi connectivity index (χ3n) is 3.18. The van der Waals surface area contributed by atoms with Crippen LogP contribution in [0.1, 0.15) is 37.7 Å². The van der Waals surface area contributed by atoms with E-state index < -0.39 is 0 Å². The molecule has 1 aromatic rings. The summed E-state index contributed by atoms with van der Waals surface area (Å²) in [5, 5.41) is 12.0. The van der Waals surface area contributed by atoms with Crippen LogP contribution < -0.4 is 10.5 Å². The summed E-state index contributed by atoms with van der Waals surface area (Å²) < 4.78 is 5.88. The third kappa shape index (κ3) is 3.07. The van der Waals surface area contributed by atoms with Crippen molar-refractivity contribution in [1.82, 2.24) is 0 Å². The van der Waals surface area contributed by atoms with E-state index >= 15 is 0 Å². The van der Waals surface area contributed by atoms with Crippen LogP contribution in [0.25, 0.3) is 0 Å². The van der Waals surface area contributed by atoms with Crippen molar-refractivity contribution in [1.29, 1.82) is 0 Å². The van der Waals surface area contributed by atoms with Crippen LogP contribution in [0, 0.1) is 0 Å². The summed E-state index contributed by atoms with van der Waals surface area (Å²) in [6.07, 6.45) is 6.13. The van der Waals surface area contributed by atoms with Crippen LogP contribution in [-0.4, -0.2) is 17.1 Å². The first-order valence-electron chi connectivity index (χ1n) is 6.15. The highest BCUT2D eigenvalue weighted by Gasteiger charge is 2.16. The van der Waals surface area contributed by atoms with Crippen molar-refractivity contribution in [3.05, 3.63) is 28.8 Å². The zero-order valence-electron chi connectivity index (χ0n) is 10.1. The molecule has 1 aromatic carbocycles. The van der Waals surface area contributed by atoms with E-state index in [1.54, 1.807) is 18.2 Å². The standard InChI is InChI=1S/C13H17ClN2O2/c14-11-8-9(13(15)16-17)6-7-12(11)18-10-4-2-1-3-5-10/h6-8,10,17H,1-5H2,(H2,15,16). The van der Waals surface area contributed by atoms with Gasteiger partial charge in [-0.05, 0) is 43.9 Å². The lowest BCUT2D eigenvalue weighted by atomic mass is 9.98. The molecular formula is C13H17ClN2O2. The van der Waals surface area contributed by atoms with Gasteiger partial charge in [-0.15, -0.1) is 0 Å². The Bertz CT molecular complexity index is 443. The van der Waals surface area contributed by atoms with Gasteiger partial charge in [-0.2, -0.15) is 0 Å². The largest absolute Gasteiger partial charge is 0.489 e. The summed E-state index contributed by atoms with van der Waals surface area (Å²) in [6.45, 7) is 0. The molecule has 98 valence electrons. The summed E-state index contributed by atoms with van der Waals surface area (Å²) in [5.41, 5.74) is 6.08. The first kappa shape index (κ1) is 13.0. The predicted octanol–water partition coefficient (Wildman–Crippen LogP) is 3.15. The Morgan fingerprint density at radius 2 is 2.06 bits per heavy atom. The fraction of sp³-hybridized carbons (Fsp3) is 0.462. The van der Waals surface area contributed by atoms with E-state index in [-0.39, 0.29) is 11.9 Å². The van der Waals surface area contributed by atoms with Gasteiger partial charge in [0.15, 0.2) is 5.84 Å². The first-order valence-corrected chi connectivity index (χ1v) is 6.52. The van der Waals surface area contributed by atoms with Crippen LogP contribution in [0.15, 0.2) is 23.4 Å². The molecule has 1 aliphatic rings. The van der Waals surface area contributed by atoms with E-state index in [9.17, 15) is 0 Å². The highest BCUT2D eigenvalue weighted by molar-refractivity contribution is 6.32. The minimum absolute atomic E-state index is 0.0427. The SMILES string of the molecule is NC(=NO)c1ccc(OC2CCCCC2)c(Cl)c1. The highest BCUT2D eigenvalue weighted by atomic mass is 35.5. The molecule has 5 heteroatoms. The Morgan fingerprint density at radius 1 is 1.33 bits per heavy atom. The van der Waals surface area contributed by atoms with E-state index in [4.69, 9.17) is 27.3 Å². The summed E-state index contributed by atoms with van der Waals surface area (Å²) in [5.74, 6) is 0.708. The van der Waals surface area contributed by atoms with E-state index in [1.807, 2.05) is 0 Å². The summed E-state index contributed by atoms with van der Waals surface area (Å²) >= 11 is 6.13. The van der Waals surface area contributed by atoms with Crippen LogP contribution in [0.4, 0.5) is 0 Å². The molecule has 0 atom stereocenters. The molecule has 1 aliphatic carbocycles. The lowest BCUT2D eigenvalue weighted by molar-refractivity contribution is 0.155. The zero-order chi connectivity index (χ0) is 13.0. The maximum Gasteiger partial charge on any atom is 0.170 e. The smallest absolute Gasteiger partial charge is 0.170 e. The Morgan fingerprint density at radius 3 is 2.67 bits per heavy atom. The molecule has 0 unspecified atom stereocenters. The maximum atomic E-state index is 8.60. The summed E-state index contributed by atoms with van der Waals surface area (Å²) in [6, 6.07) is 5.15. The van der Waals surface area contributed by atoms with Gasteiger partial charge < -0.3 is 15.7 Å². The Kier molecular flexibility index (Phi) is 4.31. The second-order valence-corrected chi connectivity index (χ2v) is 4.92. The molecule has 18 heavy (non-hydrogen) atoms. The van der Waals surface area contributed by atoms with Crippen molar-refractivity contribution >= 4 is 17.4 Å². The van der Waals surface area contributed by atoms with Crippen LogP contribution in [0.5, 0.6) is 5.75 Å². The van der Waals surface area contributed by atoms with Gasteiger partial charge in [0, 0.05) is 5.56 Å². The minimum atomic E-state index is 0.0427. The van der Waals surface area contributed by atoms with Crippen molar-refractivity contribution in [3.63, 3.8) is 0 Å². The van der Waals surface area contributed by atoms with E-state index in [0.29, 0.717) is 16.3 Å². The Balaban J connectivity index is 2.09. The molecule has 4 nitrogen and oxygen atoms in total. The third-order valence-corrected chi connectivity index (χ3v) is 3.48. The second kappa shape index (κ2) is 5.96. The lowest BCUT2D eigenvalue weighted by Crippen LogP contribution is -2.20. The number of halogens is 1. The fourth-order valence-corrected chi connectivity index (χ4v) is 2.40. The first-order chi connectivity index (χ1) is 8.70. The Labute approximate surface area is 111 Å². The van der Waals surface area contributed by atoms with Gasteiger partial charge in [-0.25, -0.2) is 0 Å². The molecule has 0 heterocycles. The summed E-state index contributed by atoms with van der Waals surface area (Å²) in [7, 11) is 0. The molecule has 1 saturated carbocycles.